The van der Waals surface area contributed by atoms with Gasteiger partial charge in [0.25, 0.3) is 0 Å². The Labute approximate surface area is 131 Å². The standard InChI is InChI=1S/C17H25FN2O2/c1-3-20-11-5-7-14(20)12-19-16(21)10-9-13-6-4-8-15(22-2)17(13)18/h4,6,8,14H,3,5,7,9-12H2,1-2H3,(H,19,21)/t14-/m0/s1. The maximum absolute atomic E-state index is 14.0. The molecular formula is C17H25FN2O2. The molecule has 1 saturated heterocycles. The van der Waals surface area contributed by atoms with Gasteiger partial charge in [-0.1, -0.05) is 19.1 Å². The first-order chi connectivity index (χ1) is 10.7. The third-order valence-corrected chi connectivity index (χ3v) is 4.32. The highest BCUT2D eigenvalue weighted by atomic mass is 19.1. The number of rotatable bonds is 7. The van der Waals surface area contributed by atoms with Crippen LogP contribution in [0.15, 0.2) is 18.2 Å². The predicted molar refractivity (Wildman–Crippen MR) is 84.6 cm³/mol. The van der Waals surface area contributed by atoms with Crippen LogP contribution in [0.1, 0.15) is 31.7 Å². The van der Waals surface area contributed by atoms with Gasteiger partial charge in [-0.05, 0) is 44.0 Å². The van der Waals surface area contributed by atoms with Gasteiger partial charge in [0, 0.05) is 19.0 Å². The van der Waals surface area contributed by atoms with Gasteiger partial charge in [0.1, 0.15) is 0 Å². The second kappa shape index (κ2) is 8.13. The summed E-state index contributed by atoms with van der Waals surface area (Å²) in [5.41, 5.74) is 0.519. The highest BCUT2D eigenvalue weighted by molar-refractivity contribution is 5.76. The Bertz CT molecular complexity index is 507. The summed E-state index contributed by atoms with van der Waals surface area (Å²) < 4.78 is 18.9. The molecule has 1 aromatic carbocycles. The molecule has 1 atom stereocenters. The number of hydrogen-bond donors (Lipinski definition) is 1. The van der Waals surface area contributed by atoms with Crippen LogP contribution in [0, 0.1) is 5.82 Å². The number of aryl methyl sites for hydroxylation is 1. The minimum atomic E-state index is -0.370. The average molecular weight is 308 g/mol. The lowest BCUT2D eigenvalue weighted by Crippen LogP contribution is -2.40. The Morgan fingerprint density at radius 1 is 1.50 bits per heavy atom. The first kappa shape index (κ1) is 16.7. The summed E-state index contributed by atoms with van der Waals surface area (Å²) in [6, 6.07) is 5.47. The highest BCUT2D eigenvalue weighted by Crippen LogP contribution is 2.21. The number of carbonyl (C=O) groups excluding carboxylic acids is 1. The lowest BCUT2D eigenvalue weighted by Gasteiger charge is -2.22. The zero-order valence-corrected chi connectivity index (χ0v) is 13.4. The number of nitrogens with zero attached hydrogens (tertiary/aromatic N) is 1. The lowest BCUT2D eigenvalue weighted by molar-refractivity contribution is -0.121. The molecule has 0 unspecified atom stereocenters. The fourth-order valence-electron chi connectivity index (χ4n) is 3.02. The monoisotopic (exact) mass is 308 g/mol. The molecular weight excluding hydrogens is 283 g/mol. The molecule has 0 saturated carbocycles. The SMILES string of the molecule is CCN1CCC[C@H]1CNC(=O)CCc1cccc(OC)c1F. The molecule has 0 radical (unpaired) electrons. The maximum Gasteiger partial charge on any atom is 0.220 e. The van der Waals surface area contributed by atoms with E-state index in [1.807, 2.05) is 0 Å². The first-order valence-corrected chi connectivity index (χ1v) is 7.97. The van der Waals surface area contributed by atoms with E-state index < -0.39 is 0 Å². The third-order valence-electron chi connectivity index (χ3n) is 4.32. The fraction of sp³-hybridized carbons (Fsp3) is 0.588. The molecule has 1 aromatic rings. The van der Waals surface area contributed by atoms with E-state index >= 15 is 0 Å². The van der Waals surface area contributed by atoms with E-state index in [0.29, 0.717) is 31.0 Å². The highest BCUT2D eigenvalue weighted by Gasteiger charge is 2.23. The molecule has 0 aromatic heterocycles. The molecule has 1 fully saturated rings. The van der Waals surface area contributed by atoms with Crippen LogP contribution in [0.4, 0.5) is 4.39 Å². The summed E-state index contributed by atoms with van der Waals surface area (Å²) in [7, 11) is 1.44. The van der Waals surface area contributed by atoms with E-state index in [2.05, 4.69) is 17.1 Å². The van der Waals surface area contributed by atoms with Crippen molar-refractivity contribution in [3.8, 4) is 5.75 Å². The van der Waals surface area contributed by atoms with E-state index in [9.17, 15) is 9.18 Å². The number of benzene rings is 1. The number of carbonyl (C=O) groups is 1. The molecule has 122 valence electrons. The first-order valence-electron chi connectivity index (χ1n) is 7.97. The zero-order chi connectivity index (χ0) is 15.9. The van der Waals surface area contributed by atoms with Gasteiger partial charge in [-0.25, -0.2) is 4.39 Å². The van der Waals surface area contributed by atoms with Gasteiger partial charge in [-0.15, -0.1) is 0 Å². The van der Waals surface area contributed by atoms with Crippen LogP contribution in [0.25, 0.3) is 0 Å². The van der Waals surface area contributed by atoms with Crippen molar-refractivity contribution in [1.29, 1.82) is 0 Å². The van der Waals surface area contributed by atoms with Crippen LogP contribution in [-0.4, -0.2) is 43.6 Å². The minimum absolute atomic E-state index is 0.0230. The maximum atomic E-state index is 14.0. The summed E-state index contributed by atoms with van der Waals surface area (Å²) in [5, 5.41) is 2.97. The van der Waals surface area contributed by atoms with Crippen molar-refractivity contribution in [3.63, 3.8) is 0 Å². The quantitative estimate of drug-likeness (QED) is 0.841. The molecule has 1 heterocycles. The van der Waals surface area contributed by atoms with Crippen LogP contribution >= 0.6 is 0 Å². The molecule has 22 heavy (non-hydrogen) atoms. The van der Waals surface area contributed by atoms with Crippen LogP contribution < -0.4 is 10.1 Å². The van der Waals surface area contributed by atoms with Crippen molar-refractivity contribution in [1.82, 2.24) is 10.2 Å². The molecule has 0 spiro atoms. The average Bonchev–Trinajstić information content (AvgIpc) is 2.99. The third kappa shape index (κ3) is 4.19. The molecule has 1 aliphatic heterocycles. The van der Waals surface area contributed by atoms with Gasteiger partial charge in [0.2, 0.25) is 5.91 Å². The van der Waals surface area contributed by atoms with Crippen LogP contribution in [0.5, 0.6) is 5.75 Å². The number of halogens is 1. The predicted octanol–water partition coefficient (Wildman–Crippen LogP) is 2.37. The van der Waals surface area contributed by atoms with E-state index in [-0.39, 0.29) is 17.5 Å². The van der Waals surface area contributed by atoms with Gasteiger partial charge < -0.3 is 10.1 Å². The van der Waals surface area contributed by atoms with Crippen molar-refractivity contribution in [2.45, 2.75) is 38.6 Å². The van der Waals surface area contributed by atoms with Crippen molar-refractivity contribution >= 4 is 5.91 Å². The van der Waals surface area contributed by atoms with Crippen molar-refractivity contribution in [2.75, 3.05) is 26.7 Å². The summed E-state index contributed by atoms with van der Waals surface area (Å²) in [6.45, 7) is 4.97. The lowest BCUT2D eigenvalue weighted by atomic mass is 10.1. The van der Waals surface area contributed by atoms with Gasteiger partial charge in [-0.2, -0.15) is 0 Å². The number of ether oxygens (including phenoxy) is 1. The Morgan fingerprint density at radius 2 is 2.32 bits per heavy atom. The largest absolute Gasteiger partial charge is 0.494 e. The van der Waals surface area contributed by atoms with E-state index in [4.69, 9.17) is 4.74 Å². The Kier molecular flexibility index (Phi) is 6.19. The Morgan fingerprint density at radius 3 is 3.05 bits per heavy atom. The smallest absolute Gasteiger partial charge is 0.220 e. The molecule has 1 N–H and O–H groups in total. The Balaban J connectivity index is 1.78. The van der Waals surface area contributed by atoms with Crippen molar-refractivity contribution < 1.29 is 13.9 Å². The molecule has 4 nitrogen and oxygen atoms in total. The van der Waals surface area contributed by atoms with Crippen LogP contribution in [0.3, 0.4) is 0 Å². The second-order valence-electron chi connectivity index (χ2n) is 5.66. The molecule has 0 bridgehead atoms. The van der Waals surface area contributed by atoms with Crippen LogP contribution in [0.2, 0.25) is 0 Å². The number of likely N-dealkylation sites (tertiary alicyclic amines) is 1. The second-order valence-corrected chi connectivity index (χ2v) is 5.66. The van der Waals surface area contributed by atoms with Crippen LogP contribution in [-0.2, 0) is 11.2 Å². The molecule has 0 aliphatic carbocycles. The number of methoxy groups -OCH3 is 1. The number of likely N-dealkylation sites (N-methyl/N-ethyl adjacent to an activating group) is 1. The molecule has 2 rings (SSSR count). The van der Waals surface area contributed by atoms with Gasteiger partial charge in [0.15, 0.2) is 11.6 Å². The number of hydrogen-bond acceptors (Lipinski definition) is 3. The van der Waals surface area contributed by atoms with Gasteiger partial charge in [-0.3, -0.25) is 9.69 Å². The molecule has 1 aliphatic rings. The minimum Gasteiger partial charge on any atom is -0.494 e. The fourth-order valence-corrected chi connectivity index (χ4v) is 3.02. The molecule has 5 heteroatoms. The Hall–Kier alpha value is -1.62. The van der Waals surface area contributed by atoms with Crippen molar-refractivity contribution in [3.05, 3.63) is 29.6 Å². The summed E-state index contributed by atoms with van der Waals surface area (Å²) in [4.78, 5) is 14.3. The number of nitrogens with one attached hydrogen (secondary N) is 1. The van der Waals surface area contributed by atoms with Gasteiger partial charge in [0.05, 0.1) is 7.11 Å². The normalized spacial score (nSPS) is 18.4. The summed E-state index contributed by atoms with van der Waals surface area (Å²) >= 11 is 0. The summed E-state index contributed by atoms with van der Waals surface area (Å²) in [6.07, 6.45) is 3.02. The van der Waals surface area contributed by atoms with Crippen molar-refractivity contribution in [2.24, 2.45) is 0 Å². The van der Waals surface area contributed by atoms with E-state index in [1.54, 1.807) is 18.2 Å². The number of amides is 1. The van der Waals surface area contributed by atoms with E-state index in [0.717, 1.165) is 19.5 Å². The topological polar surface area (TPSA) is 41.6 Å². The zero-order valence-electron chi connectivity index (χ0n) is 13.4. The van der Waals surface area contributed by atoms with E-state index in [1.165, 1.54) is 13.5 Å². The molecule has 1 amide bonds. The van der Waals surface area contributed by atoms with Gasteiger partial charge >= 0.3 is 0 Å². The summed E-state index contributed by atoms with van der Waals surface area (Å²) in [5.74, 6) is -0.168.